The third-order valence-corrected chi connectivity index (χ3v) is 6.68. The Morgan fingerprint density at radius 2 is 2.00 bits per heavy atom. The van der Waals surface area contributed by atoms with Crippen LogP contribution in [0.3, 0.4) is 0 Å². The van der Waals surface area contributed by atoms with E-state index in [0.717, 1.165) is 43.4 Å². The Bertz CT molecular complexity index is 831. The summed E-state index contributed by atoms with van der Waals surface area (Å²) in [5.41, 5.74) is 3.24. The van der Waals surface area contributed by atoms with Gasteiger partial charge < -0.3 is 10.2 Å². The number of benzene rings is 1. The molecule has 1 atom stereocenters. The number of amides is 1. The van der Waals surface area contributed by atoms with E-state index < -0.39 is 0 Å². The number of carbonyl (C=O) groups excluding carboxylic acids is 1. The highest BCUT2D eigenvalue weighted by Gasteiger charge is 2.34. The van der Waals surface area contributed by atoms with Gasteiger partial charge in [0.1, 0.15) is 11.6 Å². The Morgan fingerprint density at radius 1 is 1.32 bits per heavy atom. The number of nitrogens with zero attached hydrogens (tertiary/aromatic N) is 2. The van der Waals surface area contributed by atoms with Gasteiger partial charge in [-0.1, -0.05) is 37.8 Å². The number of nitrogens with one attached hydrogen (secondary N) is 1. The van der Waals surface area contributed by atoms with Crippen LogP contribution in [-0.2, 0) is 4.79 Å². The van der Waals surface area contributed by atoms with Gasteiger partial charge in [0.15, 0.2) is 0 Å². The Labute approximate surface area is 173 Å². The maximum atomic E-state index is 12.6. The van der Waals surface area contributed by atoms with Crippen LogP contribution in [0.15, 0.2) is 17.7 Å². The summed E-state index contributed by atoms with van der Waals surface area (Å²) in [7, 11) is 2.09. The van der Waals surface area contributed by atoms with Crippen molar-refractivity contribution in [3.8, 4) is 6.07 Å². The summed E-state index contributed by atoms with van der Waals surface area (Å²) < 4.78 is 0. The van der Waals surface area contributed by atoms with Crippen LogP contribution in [0.1, 0.15) is 76.3 Å². The maximum Gasteiger partial charge on any atom is 0.262 e. The van der Waals surface area contributed by atoms with Crippen molar-refractivity contribution in [3.05, 3.63) is 33.9 Å². The molecule has 0 unspecified atom stereocenters. The van der Waals surface area contributed by atoms with Crippen molar-refractivity contribution in [2.75, 3.05) is 11.9 Å². The first-order chi connectivity index (χ1) is 13.2. The molecular weight excluding hydrogens is 370 g/mol. The Hall–Kier alpha value is -1.99. The number of rotatable bonds is 3. The lowest BCUT2D eigenvalue weighted by atomic mass is 9.80. The molecule has 0 saturated heterocycles. The van der Waals surface area contributed by atoms with Crippen LogP contribution in [0, 0.1) is 11.3 Å². The fourth-order valence-electron chi connectivity index (χ4n) is 4.53. The highest BCUT2D eigenvalue weighted by Crippen LogP contribution is 2.44. The van der Waals surface area contributed by atoms with Crippen LogP contribution < -0.4 is 10.2 Å². The molecule has 5 heteroatoms. The van der Waals surface area contributed by atoms with Gasteiger partial charge in [-0.2, -0.15) is 5.26 Å². The topological polar surface area (TPSA) is 56.1 Å². The average molecular weight is 400 g/mol. The van der Waals surface area contributed by atoms with Gasteiger partial charge in [0.25, 0.3) is 5.91 Å². The molecule has 1 aliphatic carbocycles. The zero-order valence-corrected chi connectivity index (χ0v) is 18.1. The lowest BCUT2D eigenvalue weighted by Gasteiger charge is -2.45. The fourth-order valence-corrected chi connectivity index (χ4v) is 4.74. The predicted molar refractivity (Wildman–Crippen MR) is 116 cm³/mol. The van der Waals surface area contributed by atoms with E-state index in [4.69, 9.17) is 11.6 Å². The highest BCUT2D eigenvalue weighted by atomic mass is 35.5. The van der Waals surface area contributed by atoms with Crippen LogP contribution in [-0.4, -0.2) is 24.5 Å². The average Bonchev–Trinajstić information content (AvgIpc) is 2.65. The van der Waals surface area contributed by atoms with E-state index in [-0.39, 0.29) is 23.1 Å². The summed E-state index contributed by atoms with van der Waals surface area (Å²) in [6, 6.07) is 6.24. The molecular formula is C23H30ClN3O. The van der Waals surface area contributed by atoms with Crippen molar-refractivity contribution in [2.24, 2.45) is 0 Å². The molecule has 1 aromatic rings. The third kappa shape index (κ3) is 4.20. The van der Waals surface area contributed by atoms with Gasteiger partial charge in [-0.3, -0.25) is 4.79 Å². The molecule has 1 saturated carbocycles. The molecule has 1 aromatic carbocycles. The quantitative estimate of drug-likeness (QED) is 0.545. The first kappa shape index (κ1) is 20.7. The zero-order valence-electron chi connectivity index (χ0n) is 17.3. The minimum atomic E-state index is -0.297. The summed E-state index contributed by atoms with van der Waals surface area (Å²) in [5, 5.41) is 13.1. The minimum absolute atomic E-state index is 0.0603. The van der Waals surface area contributed by atoms with E-state index in [2.05, 4.69) is 44.1 Å². The molecule has 0 bridgehead atoms. The normalized spacial score (nSPS) is 22.4. The second-order valence-electron chi connectivity index (χ2n) is 8.89. The van der Waals surface area contributed by atoms with E-state index >= 15 is 0 Å². The van der Waals surface area contributed by atoms with E-state index in [1.165, 1.54) is 12.0 Å². The van der Waals surface area contributed by atoms with Crippen molar-refractivity contribution in [1.82, 2.24) is 5.32 Å². The molecule has 2 aliphatic rings. The number of nitriles is 1. The molecule has 1 N–H and O–H groups in total. The molecule has 0 radical (unpaired) electrons. The summed E-state index contributed by atoms with van der Waals surface area (Å²) >= 11 is 6.55. The first-order valence-electron chi connectivity index (χ1n) is 10.2. The number of hydrogen-bond acceptors (Lipinski definition) is 3. The van der Waals surface area contributed by atoms with Gasteiger partial charge in [0.05, 0.1) is 0 Å². The SMILES string of the molecule is C[C@H]1CC(C)(C)N(C)c2cc(Cl)c(/C=C(/C#N)C(=O)NC3CCCCC3)cc21. The Morgan fingerprint density at radius 3 is 2.64 bits per heavy atom. The van der Waals surface area contributed by atoms with E-state index in [9.17, 15) is 10.1 Å². The second kappa shape index (κ2) is 8.17. The van der Waals surface area contributed by atoms with Crippen LogP contribution in [0.5, 0.6) is 0 Å². The van der Waals surface area contributed by atoms with Crippen molar-refractivity contribution in [2.45, 2.75) is 76.8 Å². The van der Waals surface area contributed by atoms with Gasteiger partial charge in [-0.15, -0.1) is 0 Å². The lowest BCUT2D eigenvalue weighted by Crippen LogP contribution is -2.45. The molecule has 1 heterocycles. The van der Waals surface area contributed by atoms with E-state index in [0.29, 0.717) is 10.9 Å². The number of anilines is 1. The van der Waals surface area contributed by atoms with Crippen molar-refractivity contribution in [1.29, 1.82) is 5.26 Å². The zero-order chi connectivity index (χ0) is 20.5. The highest BCUT2D eigenvalue weighted by molar-refractivity contribution is 6.32. The summed E-state index contributed by atoms with van der Waals surface area (Å²) in [6.45, 7) is 6.69. The molecule has 0 aromatic heterocycles. The van der Waals surface area contributed by atoms with Crippen molar-refractivity contribution in [3.63, 3.8) is 0 Å². The van der Waals surface area contributed by atoms with E-state index in [1.807, 2.05) is 12.1 Å². The summed E-state index contributed by atoms with van der Waals surface area (Å²) in [4.78, 5) is 14.9. The molecule has 150 valence electrons. The lowest BCUT2D eigenvalue weighted by molar-refractivity contribution is -0.117. The standard InChI is InChI=1S/C23H30ClN3O/c1-15-13-23(2,3)27(4)21-12-20(24)16(11-19(15)21)10-17(14-25)22(28)26-18-8-6-5-7-9-18/h10-12,15,18H,5-9,13H2,1-4H3,(H,26,28)/b17-10-/t15-/m0/s1. The smallest absolute Gasteiger partial charge is 0.262 e. The molecule has 1 fully saturated rings. The van der Waals surface area contributed by atoms with Crippen LogP contribution in [0.4, 0.5) is 5.69 Å². The van der Waals surface area contributed by atoms with Gasteiger partial charge in [0, 0.05) is 29.3 Å². The predicted octanol–water partition coefficient (Wildman–Crippen LogP) is 5.42. The molecule has 0 spiro atoms. The van der Waals surface area contributed by atoms with Crippen LogP contribution in [0.25, 0.3) is 6.08 Å². The van der Waals surface area contributed by atoms with Crippen molar-refractivity contribution >= 4 is 29.3 Å². The largest absolute Gasteiger partial charge is 0.369 e. The van der Waals surface area contributed by atoms with Gasteiger partial charge in [-0.05, 0) is 68.4 Å². The summed E-state index contributed by atoms with van der Waals surface area (Å²) in [5.74, 6) is 0.0849. The number of hydrogen-bond donors (Lipinski definition) is 1. The van der Waals surface area contributed by atoms with Gasteiger partial charge in [0.2, 0.25) is 0 Å². The number of carbonyl (C=O) groups is 1. The van der Waals surface area contributed by atoms with E-state index in [1.54, 1.807) is 6.08 Å². The Balaban J connectivity index is 1.89. The molecule has 4 nitrogen and oxygen atoms in total. The molecule has 1 aliphatic heterocycles. The van der Waals surface area contributed by atoms with Gasteiger partial charge >= 0.3 is 0 Å². The first-order valence-corrected chi connectivity index (χ1v) is 10.6. The minimum Gasteiger partial charge on any atom is -0.369 e. The van der Waals surface area contributed by atoms with Gasteiger partial charge in [-0.25, -0.2) is 0 Å². The number of halogens is 1. The molecule has 28 heavy (non-hydrogen) atoms. The maximum absolute atomic E-state index is 12.6. The monoisotopic (exact) mass is 399 g/mol. The third-order valence-electron chi connectivity index (χ3n) is 6.36. The second-order valence-corrected chi connectivity index (χ2v) is 9.29. The molecule has 1 amide bonds. The fraction of sp³-hybridized carbons (Fsp3) is 0.565. The van der Waals surface area contributed by atoms with Crippen LogP contribution in [0.2, 0.25) is 5.02 Å². The molecule has 3 rings (SSSR count). The van der Waals surface area contributed by atoms with Crippen LogP contribution >= 0.6 is 11.6 Å². The Kier molecular flexibility index (Phi) is 6.05. The van der Waals surface area contributed by atoms with Crippen molar-refractivity contribution < 1.29 is 4.79 Å². The summed E-state index contributed by atoms with van der Waals surface area (Å²) in [6.07, 6.45) is 8.14. The number of fused-ring (bicyclic) bond motifs is 1.